The molecule has 0 aliphatic heterocycles. The number of nitrogens with two attached hydrogens (primary N) is 1. The lowest BCUT2D eigenvalue weighted by Crippen LogP contribution is -2.35. The van der Waals surface area contributed by atoms with Crippen LogP contribution in [0.2, 0.25) is 0 Å². The summed E-state index contributed by atoms with van der Waals surface area (Å²) in [5, 5.41) is 4.17. The van der Waals surface area contributed by atoms with E-state index in [2.05, 4.69) is 53.4 Å². The molecule has 1 saturated carbocycles. The van der Waals surface area contributed by atoms with E-state index in [1.54, 1.807) is 0 Å². The molecule has 25 heavy (non-hydrogen) atoms. The van der Waals surface area contributed by atoms with Crippen LogP contribution in [-0.4, -0.2) is 35.7 Å². The van der Waals surface area contributed by atoms with Crippen LogP contribution in [0.4, 0.5) is 0 Å². The van der Waals surface area contributed by atoms with Crippen molar-refractivity contribution in [3.63, 3.8) is 0 Å². The van der Waals surface area contributed by atoms with E-state index in [4.69, 9.17) is 10.3 Å². The molecule has 2 N–H and O–H groups in total. The van der Waals surface area contributed by atoms with Crippen molar-refractivity contribution in [1.82, 2.24) is 15.0 Å². The molecule has 5 nitrogen and oxygen atoms in total. The maximum absolute atomic E-state index is 6.07. The van der Waals surface area contributed by atoms with Crippen LogP contribution < -0.4 is 5.73 Å². The van der Waals surface area contributed by atoms with Crippen LogP contribution in [0, 0.1) is 5.41 Å². The zero-order chi connectivity index (χ0) is 17.0. The van der Waals surface area contributed by atoms with E-state index in [-0.39, 0.29) is 17.8 Å². The zero-order valence-corrected chi connectivity index (χ0v) is 16.0. The minimum absolute atomic E-state index is 0. The Morgan fingerprint density at radius 2 is 1.80 bits per heavy atom. The minimum Gasteiger partial charge on any atom is -0.339 e. The Labute approximate surface area is 156 Å². The van der Waals surface area contributed by atoms with Crippen molar-refractivity contribution in [2.45, 2.75) is 45.1 Å². The average molecular weight is 365 g/mol. The topological polar surface area (TPSA) is 68.2 Å². The first-order valence-electron chi connectivity index (χ1n) is 8.87. The van der Waals surface area contributed by atoms with E-state index in [1.165, 1.54) is 37.7 Å². The normalized spacial score (nSPS) is 16.6. The van der Waals surface area contributed by atoms with Gasteiger partial charge in [0.25, 0.3) is 0 Å². The lowest BCUT2D eigenvalue weighted by molar-refractivity contribution is 0.177. The number of hydrogen-bond acceptors (Lipinski definition) is 5. The molecular formula is C19H29ClN4O. The van der Waals surface area contributed by atoms with Gasteiger partial charge in [0.05, 0.1) is 0 Å². The second-order valence-corrected chi connectivity index (χ2v) is 7.39. The number of nitrogens with zero attached hydrogens (tertiary/aromatic N) is 3. The SMILES string of the molecule is CN(C)Cc1ccc(-c2noc(CC3(CN)CCCCC3)n2)cc1.Cl. The molecule has 6 heteroatoms. The Morgan fingerprint density at radius 3 is 2.40 bits per heavy atom. The molecule has 1 aromatic carbocycles. The summed E-state index contributed by atoms with van der Waals surface area (Å²) in [6.07, 6.45) is 6.96. The van der Waals surface area contributed by atoms with Gasteiger partial charge >= 0.3 is 0 Å². The third kappa shape index (κ3) is 5.03. The Balaban J connectivity index is 0.00000225. The second kappa shape index (κ2) is 8.79. The fourth-order valence-corrected chi connectivity index (χ4v) is 3.64. The van der Waals surface area contributed by atoms with Crippen molar-refractivity contribution in [1.29, 1.82) is 0 Å². The van der Waals surface area contributed by atoms with E-state index in [9.17, 15) is 0 Å². The van der Waals surface area contributed by atoms with Crippen LogP contribution in [0.5, 0.6) is 0 Å². The van der Waals surface area contributed by atoms with Gasteiger partial charge in [-0.15, -0.1) is 12.4 Å². The molecular weight excluding hydrogens is 336 g/mol. The van der Waals surface area contributed by atoms with Crippen molar-refractivity contribution in [2.75, 3.05) is 20.6 Å². The molecule has 138 valence electrons. The van der Waals surface area contributed by atoms with Gasteiger partial charge < -0.3 is 15.2 Å². The Hall–Kier alpha value is -1.43. The molecule has 3 rings (SSSR count). The summed E-state index contributed by atoms with van der Waals surface area (Å²) < 4.78 is 5.52. The Kier molecular flexibility index (Phi) is 6.99. The highest BCUT2D eigenvalue weighted by atomic mass is 35.5. The summed E-state index contributed by atoms with van der Waals surface area (Å²) in [6, 6.07) is 8.36. The highest BCUT2D eigenvalue weighted by Gasteiger charge is 2.33. The lowest BCUT2D eigenvalue weighted by Gasteiger charge is -2.34. The van der Waals surface area contributed by atoms with Crippen LogP contribution in [-0.2, 0) is 13.0 Å². The van der Waals surface area contributed by atoms with Gasteiger partial charge in [-0.25, -0.2) is 0 Å². The first-order valence-corrected chi connectivity index (χ1v) is 8.87. The van der Waals surface area contributed by atoms with Crippen molar-refractivity contribution in [3.8, 4) is 11.4 Å². The van der Waals surface area contributed by atoms with Crippen molar-refractivity contribution >= 4 is 12.4 Å². The molecule has 0 bridgehead atoms. The molecule has 1 fully saturated rings. The largest absolute Gasteiger partial charge is 0.339 e. The van der Waals surface area contributed by atoms with Crippen LogP contribution in [0.25, 0.3) is 11.4 Å². The maximum Gasteiger partial charge on any atom is 0.227 e. The van der Waals surface area contributed by atoms with Gasteiger partial charge in [0.15, 0.2) is 0 Å². The first kappa shape index (κ1) is 19.9. The van der Waals surface area contributed by atoms with Crippen molar-refractivity contribution in [2.24, 2.45) is 11.1 Å². The van der Waals surface area contributed by atoms with E-state index in [1.807, 2.05) is 0 Å². The molecule has 0 amide bonds. The maximum atomic E-state index is 6.07. The standard InChI is InChI=1S/C19H28N4O.ClH/c1-23(2)13-15-6-8-16(9-7-15)18-21-17(24-22-18)12-19(14-20)10-4-3-5-11-19;/h6-9H,3-5,10-14,20H2,1-2H3;1H. The third-order valence-electron chi connectivity index (χ3n) is 5.05. The average Bonchev–Trinajstić information content (AvgIpc) is 3.04. The number of rotatable bonds is 6. The summed E-state index contributed by atoms with van der Waals surface area (Å²) in [4.78, 5) is 6.77. The van der Waals surface area contributed by atoms with Gasteiger partial charge in [0.2, 0.25) is 11.7 Å². The first-order chi connectivity index (χ1) is 11.6. The molecule has 1 aliphatic carbocycles. The Morgan fingerprint density at radius 1 is 1.12 bits per heavy atom. The van der Waals surface area contributed by atoms with Crippen LogP contribution in [0.15, 0.2) is 28.8 Å². The minimum atomic E-state index is 0. The molecule has 0 spiro atoms. The number of hydrogen-bond donors (Lipinski definition) is 1. The van der Waals surface area contributed by atoms with E-state index >= 15 is 0 Å². The van der Waals surface area contributed by atoms with Gasteiger partial charge in [0, 0.05) is 18.5 Å². The van der Waals surface area contributed by atoms with Gasteiger partial charge in [-0.2, -0.15) is 4.98 Å². The Bertz CT molecular complexity index is 648. The summed E-state index contributed by atoms with van der Waals surface area (Å²) in [7, 11) is 4.13. The fourth-order valence-electron chi connectivity index (χ4n) is 3.64. The van der Waals surface area contributed by atoms with E-state index in [0.29, 0.717) is 12.4 Å². The summed E-state index contributed by atoms with van der Waals surface area (Å²) >= 11 is 0. The van der Waals surface area contributed by atoms with Crippen LogP contribution in [0.1, 0.15) is 43.6 Å². The highest BCUT2D eigenvalue weighted by Crippen LogP contribution is 2.38. The van der Waals surface area contributed by atoms with Crippen molar-refractivity contribution in [3.05, 3.63) is 35.7 Å². The van der Waals surface area contributed by atoms with Crippen molar-refractivity contribution < 1.29 is 4.52 Å². The fraction of sp³-hybridized carbons (Fsp3) is 0.579. The van der Waals surface area contributed by atoms with Gasteiger partial charge in [-0.05, 0) is 44.5 Å². The monoisotopic (exact) mass is 364 g/mol. The molecule has 0 radical (unpaired) electrons. The highest BCUT2D eigenvalue weighted by molar-refractivity contribution is 5.85. The number of halogens is 1. The van der Waals surface area contributed by atoms with Crippen LogP contribution in [0.3, 0.4) is 0 Å². The molecule has 2 aromatic rings. The second-order valence-electron chi connectivity index (χ2n) is 7.39. The number of benzene rings is 1. The van der Waals surface area contributed by atoms with Gasteiger partial charge in [-0.3, -0.25) is 0 Å². The molecule has 0 saturated heterocycles. The quantitative estimate of drug-likeness (QED) is 0.846. The molecule has 0 atom stereocenters. The molecule has 1 heterocycles. The molecule has 1 aliphatic rings. The van der Waals surface area contributed by atoms with E-state index < -0.39 is 0 Å². The lowest BCUT2D eigenvalue weighted by atomic mass is 9.72. The zero-order valence-electron chi connectivity index (χ0n) is 15.2. The predicted octanol–water partition coefficient (Wildman–Crippen LogP) is 3.67. The summed E-state index contributed by atoms with van der Waals surface area (Å²) in [5.74, 6) is 1.39. The summed E-state index contributed by atoms with van der Waals surface area (Å²) in [5.41, 5.74) is 8.49. The predicted molar refractivity (Wildman–Crippen MR) is 103 cm³/mol. The summed E-state index contributed by atoms with van der Waals surface area (Å²) in [6.45, 7) is 1.63. The third-order valence-corrected chi connectivity index (χ3v) is 5.05. The van der Waals surface area contributed by atoms with Gasteiger partial charge in [-0.1, -0.05) is 48.7 Å². The van der Waals surface area contributed by atoms with Gasteiger partial charge in [0.1, 0.15) is 0 Å². The molecule has 1 aromatic heterocycles. The smallest absolute Gasteiger partial charge is 0.227 e. The number of aromatic nitrogens is 2. The van der Waals surface area contributed by atoms with Crippen LogP contribution >= 0.6 is 12.4 Å². The van der Waals surface area contributed by atoms with E-state index in [0.717, 1.165) is 24.4 Å². The molecule has 0 unspecified atom stereocenters.